The normalized spacial score (nSPS) is 11.3. The molecular formula is C17H26N2O. The monoisotopic (exact) mass is 274 g/mol. The fourth-order valence-corrected chi connectivity index (χ4v) is 2.42. The zero-order valence-electron chi connectivity index (χ0n) is 12.7. The predicted molar refractivity (Wildman–Crippen MR) is 85.0 cm³/mol. The Kier molecular flexibility index (Phi) is 6.09. The molecule has 3 nitrogen and oxygen atoms in total. The highest BCUT2D eigenvalue weighted by Crippen LogP contribution is 2.21. The Hall–Kier alpha value is -1.32. The molecule has 0 saturated heterocycles. The van der Waals surface area contributed by atoms with Gasteiger partial charge >= 0.3 is 0 Å². The van der Waals surface area contributed by atoms with E-state index < -0.39 is 0 Å². The molecule has 1 aromatic carbocycles. The summed E-state index contributed by atoms with van der Waals surface area (Å²) in [5.74, 6) is 0. The number of ether oxygens (including phenoxy) is 1. The molecule has 0 aliphatic rings. The third kappa shape index (κ3) is 3.84. The maximum absolute atomic E-state index is 5.68. The van der Waals surface area contributed by atoms with E-state index in [0.29, 0.717) is 0 Å². The molecule has 0 saturated carbocycles. The zero-order chi connectivity index (χ0) is 14.2. The van der Waals surface area contributed by atoms with Gasteiger partial charge in [0.1, 0.15) is 0 Å². The fraction of sp³-hybridized carbons (Fsp3) is 0.529. The van der Waals surface area contributed by atoms with Gasteiger partial charge in [0.2, 0.25) is 0 Å². The van der Waals surface area contributed by atoms with Crippen LogP contribution in [0, 0.1) is 0 Å². The Morgan fingerprint density at radius 3 is 2.80 bits per heavy atom. The van der Waals surface area contributed by atoms with Gasteiger partial charge in [-0.1, -0.05) is 38.5 Å². The first-order chi connectivity index (χ1) is 9.86. The zero-order valence-corrected chi connectivity index (χ0v) is 12.7. The Balaban J connectivity index is 2.04. The molecule has 0 radical (unpaired) electrons. The summed E-state index contributed by atoms with van der Waals surface area (Å²) in [6, 6.07) is 8.61. The number of aromatic nitrogens is 1. The summed E-state index contributed by atoms with van der Waals surface area (Å²) < 4.78 is 7.99. The first-order valence-electron chi connectivity index (χ1n) is 7.72. The Labute approximate surface area is 121 Å². The molecule has 20 heavy (non-hydrogen) atoms. The average molecular weight is 274 g/mol. The lowest BCUT2D eigenvalue weighted by Gasteiger charge is -2.06. The quantitative estimate of drug-likeness (QED) is 0.708. The SMILES string of the molecule is CCCCOCCn1cc(CNCC)c2ccccc21. The molecule has 1 heterocycles. The van der Waals surface area contributed by atoms with Gasteiger partial charge in [0, 0.05) is 36.8 Å². The topological polar surface area (TPSA) is 26.2 Å². The van der Waals surface area contributed by atoms with Gasteiger partial charge in [0.05, 0.1) is 6.61 Å². The predicted octanol–water partition coefficient (Wildman–Crippen LogP) is 3.57. The van der Waals surface area contributed by atoms with Gasteiger partial charge in [0.25, 0.3) is 0 Å². The average Bonchev–Trinajstić information content (AvgIpc) is 2.83. The molecule has 0 bridgehead atoms. The van der Waals surface area contributed by atoms with Crippen molar-refractivity contribution in [2.45, 2.75) is 39.8 Å². The molecule has 0 aliphatic heterocycles. The molecule has 0 fully saturated rings. The van der Waals surface area contributed by atoms with E-state index in [1.54, 1.807) is 0 Å². The molecule has 110 valence electrons. The molecule has 2 rings (SSSR count). The molecule has 1 aromatic heterocycles. The number of hydrogen-bond acceptors (Lipinski definition) is 2. The minimum absolute atomic E-state index is 0.791. The van der Waals surface area contributed by atoms with Crippen molar-refractivity contribution in [1.29, 1.82) is 0 Å². The van der Waals surface area contributed by atoms with Gasteiger partial charge in [-0.2, -0.15) is 0 Å². The Bertz CT molecular complexity index is 519. The molecule has 2 aromatic rings. The van der Waals surface area contributed by atoms with Crippen molar-refractivity contribution < 1.29 is 4.74 Å². The molecule has 0 amide bonds. The Morgan fingerprint density at radius 1 is 1.15 bits per heavy atom. The van der Waals surface area contributed by atoms with Crippen LogP contribution in [0.4, 0.5) is 0 Å². The summed E-state index contributed by atoms with van der Waals surface area (Å²) in [4.78, 5) is 0. The summed E-state index contributed by atoms with van der Waals surface area (Å²) in [7, 11) is 0. The second-order valence-corrected chi connectivity index (χ2v) is 5.11. The molecule has 3 heteroatoms. The van der Waals surface area contributed by atoms with Crippen LogP contribution >= 0.6 is 0 Å². The van der Waals surface area contributed by atoms with Crippen molar-refractivity contribution in [3.05, 3.63) is 36.0 Å². The summed E-state index contributed by atoms with van der Waals surface area (Å²) in [5, 5.41) is 4.76. The first kappa shape index (κ1) is 15.1. The van der Waals surface area contributed by atoms with Gasteiger partial charge in [-0.3, -0.25) is 0 Å². The standard InChI is InChI=1S/C17H26N2O/c1-3-5-11-20-12-10-19-14-15(13-18-4-2)16-8-6-7-9-17(16)19/h6-9,14,18H,3-5,10-13H2,1-2H3. The summed E-state index contributed by atoms with van der Waals surface area (Å²) in [6.07, 6.45) is 4.61. The largest absolute Gasteiger partial charge is 0.380 e. The second kappa shape index (κ2) is 8.08. The van der Waals surface area contributed by atoms with Crippen LogP contribution in [0.5, 0.6) is 0 Å². The second-order valence-electron chi connectivity index (χ2n) is 5.11. The third-order valence-corrected chi connectivity index (χ3v) is 3.56. The highest BCUT2D eigenvalue weighted by atomic mass is 16.5. The number of rotatable bonds is 9. The van der Waals surface area contributed by atoms with Crippen molar-refractivity contribution >= 4 is 10.9 Å². The van der Waals surface area contributed by atoms with Crippen molar-refractivity contribution in [2.24, 2.45) is 0 Å². The number of hydrogen-bond donors (Lipinski definition) is 1. The molecule has 1 N–H and O–H groups in total. The van der Waals surface area contributed by atoms with Crippen LogP contribution < -0.4 is 5.32 Å². The van der Waals surface area contributed by atoms with Gasteiger partial charge in [-0.05, 0) is 24.6 Å². The summed E-state index contributed by atoms with van der Waals surface area (Å²) in [6.45, 7) is 8.85. The van der Waals surface area contributed by atoms with E-state index in [4.69, 9.17) is 4.74 Å². The lowest BCUT2D eigenvalue weighted by molar-refractivity contribution is 0.124. The Morgan fingerprint density at radius 2 is 2.00 bits per heavy atom. The fourth-order valence-electron chi connectivity index (χ4n) is 2.42. The lowest BCUT2D eigenvalue weighted by atomic mass is 10.2. The molecular weight excluding hydrogens is 248 g/mol. The van der Waals surface area contributed by atoms with Gasteiger partial charge in [0.15, 0.2) is 0 Å². The van der Waals surface area contributed by atoms with Gasteiger partial charge < -0.3 is 14.6 Å². The van der Waals surface area contributed by atoms with E-state index in [2.05, 4.69) is 54.2 Å². The molecule has 0 atom stereocenters. The van der Waals surface area contributed by atoms with Crippen LogP contribution in [0.15, 0.2) is 30.5 Å². The molecule has 0 unspecified atom stereocenters. The van der Waals surface area contributed by atoms with E-state index in [-0.39, 0.29) is 0 Å². The van der Waals surface area contributed by atoms with Crippen LogP contribution in [0.3, 0.4) is 0 Å². The van der Waals surface area contributed by atoms with Gasteiger partial charge in [-0.15, -0.1) is 0 Å². The maximum Gasteiger partial charge on any atom is 0.0645 e. The van der Waals surface area contributed by atoms with Crippen LogP contribution in [0.1, 0.15) is 32.3 Å². The number of benzene rings is 1. The number of fused-ring (bicyclic) bond motifs is 1. The van der Waals surface area contributed by atoms with Crippen LogP contribution in [0.25, 0.3) is 10.9 Å². The number of para-hydroxylation sites is 1. The van der Waals surface area contributed by atoms with Crippen LogP contribution in [-0.4, -0.2) is 24.3 Å². The molecule has 0 aliphatic carbocycles. The number of unbranched alkanes of at least 4 members (excludes halogenated alkanes) is 1. The van der Waals surface area contributed by atoms with Crippen molar-refractivity contribution in [3.8, 4) is 0 Å². The van der Waals surface area contributed by atoms with Crippen LogP contribution in [-0.2, 0) is 17.8 Å². The maximum atomic E-state index is 5.68. The highest BCUT2D eigenvalue weighted by molar-refractivity contribution is 5.83. The minimum Gasteiger partial charge on any atom is -0.380 e. The summed E-state index contributed by atoms with van der Waals surface area (Å²) >= 11 is 0. The van der Waals surface area contributed by atoms with Crippen molar-refractivity contribution in [2.75, 3.05) is 19.8 Å². The highest BCUT2D eigenvalue weighted by Gasteiger charge is 2.07. The van der Waals surface area contributed by atoms with Gasteiger partial charge in [-0.25, -0.2) is 0 Å². The molecule has 0 spiro atoms. The minimum atomic E-state index is 0.791. The van der Waals surface area contributed by atoms with E-state index in [1.165, 1.54) is 22.9 Å². The third-order valence-electron chi connectivity index (χ3n) is 3.56. The first-order valence-corrected chi connectivity index (χ1v) is 7.72. The number of nitrogens with zero attached hydrogens (tertiary/aromatic N) is 1. The van der Waals surface area contributed by atoms with E-state index in [1.807, 2.05) is 0 Å². The number of nitrogens with one attached hydrogen (secondary N) is 1. The van der Waals surface area contributed by atoms with E-state index in [9.17, 15) is 0 Å². The van der Waals surface area contributed by atoms with Crippen LogP contribution in [0.2, 0.25) is 0 Å². The lowest BCUT2D eigenvalue weighted by Crippen LogP contribution is -2.11. The summed E-state index contributed by atoms with van der Waals surface area (Å²) in [5.41, 5.74) is 2.68. The van der Waals surface area contributed by atoms with E-state index in [0.717, 1.165) is 39.3 Å². The van der Waals surface area contributed by atoms with E-state index >= 15 is 0 Å². The van der Waals surface area contributed by atoms with Crippen molar-refractivity contribution in [3.63, 3.8) is 0 Å². The van der Waals surface area contributed by atoms with Crippen molar-refractivity contribution in [1.82, 2.24) is 9.88 Å². The smallest absolute Gasteiger partial charge is 0.0645 e.